The van der Waals surface area contributed by atoms with E-state index in [4.69, 9.17) is 0 Å². The third-order valence-corrected chi connectivity index (χ3v) is 5.06. The number of nitrogens with zero attached hydrogens (tertiary/aromatic N) is 2. The van der Waals surface area contributed by atoms with E-state index in [1.54, 1.807) is 0 Å². The zero-order valence-electron chi connectivity index (χ0n) is 13.9. The lowest BCUT2D eigenvalue weighted by Gasteiger charge is -2.09. The van der Waals surface area contributed by atoms with Crippen LogP contribution in [0.1, 0.15) is 52.0 Å². The predicted molar refractivity (Wildman–Crippen MR) is 99.9 cm³/mol. The fourth-order valence-corrected chi connectivity index (χ4v) is 3.75. The van der Waals surface area contributed by atoms with E-state index in [2.05, 4.69) is 25.9 Å². The SMILES string of the molecule is CC(=O)c1c(C)nc(C)nc1SCCCC(=O)c1ccc(Br)cc1. The second-order valence-electron chi connectivity index (χ2n) is 5.47. The summed E-state index contributed by atoms with van der Waals surface area (Å²) in [6.45, 7) is 5.17. The lowest BCUT2D eigenvalue weighted by molar-refractivity contribution is 0.0979. The second-order valence-corrected chi connectivity index (χ2v) is 7.47. The van der Waals surface area contributed by atoms with Crippen molar-refractivity contribution in [2.45, 2.75) is 38.6 Å². The third-order valence-electron chi connectivity index (χ3n) is 3.47. The van der Waals surface area contributed by atoms with Crippen LogP contribution in [0.2, 0.25) is 0 Å². The molecule has 0 atom stereocenters. The minimum Gasteiger partial charge on any atom is -0.294 e. The maximum atomic E-state index is 12.1. The Bertz CT molecular complexity index is 760. The molecule has 4 nitrogen and oxygen atoms in total. The Hall–Kier alpha value is -1.53. The summed E-state index contributed by atoms with van der Waals surface area (Å²) in [6.07, 6.45) is 1.21. The minimum atomic E-state index is -0.0269. The molecular weight excluding hydrogens is 388 g/mol. The number of hydrogen-bond donors (Lipinski definition) is 0. The first-order valence-electron chi connectivity index (χ1n) is 7.66. The molecule has 0 aliphatic rings. The van der Waals surface area contributed by atoms with Gasteiger partial charge >= 0.3 is 0 Å². The maximum absolute atomic E-state index is 12.1. The molecule has 0 saturated carbocycles. The highest BCUT2D eigenvalue weighted by Gasteiger charge is 2.15. The summed E-state index contributed by atoms with van der Waals surface area (Å²) >= 11 is 4.87. The van der Waals surface area contributed by atoms with E-state index < -0.39 is 0 Å². The van der Waals surface area contributed by atoms with Crippen LogP contribution in [0.4, 0.5) is 0 Å². The number of carbonyl (C=O) groups is 2. The minimum absolute atomic E-state index is 0.0269. The molecule has 0 amide bonds. The molecule has 1 heterocycles. The molecule has 0 radical (unpaired) electrons. The molecule has 0 aliphatic carbocycles. The van der Waals surface area contributed by atoms with Gasteiger partial charge in [-0.25, -0.2) is 9.97 Å². The molecule has 1 aromatic heterocycles. The molecule has 126 valence electrons. The van der Waals surface area contributed by atoms with Gasteiger partial charge in [-0.3, -0.25) is 9.59 Å². The van der Waals surface area contributed by atoms with Crippen LogP contribution in [-0.4, -0.2) is 27.3 Å². The first-order chi connectivity index (χ1) is 11.4. The standard InChI is InChI=1S/C18H19BrN2O2S/c1-11-17(12(2)22)18(21-13(3)20-11)24-10-4-5-16(23)14-6-8-15(19)9-7-14/h6-9H,4-5,10H2,1-3H3. The zero-order chi connectivity index (χ0) is 17.7. The third kappa shape index (κ3) is 4.98. The van der Waals surface area contributed by atoms with Gasteiger partial charge in [-0.05, 0) is 45.1 Å². The summed E-state index contributed by atoms with van der Waals surface area (Å²) in [6, 6.07) is 7.39. The van der Waals surface area contributed by atoms with Crippen LogP contribution in [0.25, 0.3) is 0 Å². The highest BCUT2D eigenvalue weighted by Crippen LogP contribution is 2.24. The number of ketones is 2. The first-order valence-corrected chi connectivity index (χ1v) is 9.44. The first kappa shape index (κ1) is 18.8. The van der Waals surface area contributed by atoms with E-state index in [9.17, 15) is 9.59 Å². The van der Waals surface area contributed by atoms with Crippen molar-refractivity contribution in [2.24, 2.45) is 0 Å². The van der Waals surface area contributed by atoms with Gasteiger partial charge < -0.3 is 0 Å². The van der Waals surface area contributed by atoms with Crippen molar-refractivity contribution in [3.05, 3.63) is 51.4 Å². The lowest BCUT2D eigenvalue weighted by atomic mass is 10.1. The summed E-state index contributed by atoms with van der Waals surface area (Å²) in [7, 11) is 0. The van der Waals surface area contributed by atoms with Crippen molar-refractivity contribution < 1.29 is 9.59 Å². The second kappa shape index (κ2) is 8.53. The van der Waals surface area contributed by atoms with E-state index >= 15 is 0 Å². The molecule has 0 N–H and O–H groups in total. The molecule has 24 heavy (non-hydrogen) atoms. The Labute approximate surface area is 154 Å². The average molecular weight is 407 g/mol. The Morgan fingerprint density at radius 3 is 2.42 bits per heavy atom. The van der Waals surface area contributed by atoms with Crippen LogP contribution in [0.5, 0.6) is 0 Å². The number of Topliss-reactive ketones (excluding diaryl/α,β-unsaturated/α-hetero) is 2. The monoisotopic (exact) mass is 406 g/mol. The molecule has 0 fully saturated rings. The van der Waals surface area contributed by atoms with Gasteiger partial charge in [-0.15, -0.1) is 11.8 Å². The summed E-state index contributed by atoms with van der Waals surface area (Å²) in [4.78, 5) is 32.6. The molecule has 1 aromatic carbocycles. The highest BCUT2D eigenvalue weighted by atomic mass is 79.9. The van der Waals surface area contributed by atoms with Gasteiger partial charge in [0.1, 0.15) is 10.9 Å². The fourth-order valence-electron chi connectivity index (χ4n) is 2.37. The fraction of sp³-hybridized carbons (Fsp3) is 0.333. The van der Waals surface area contributed by atoms with Gasteiger partial charge in [0.05, 0.1) is 11.3 Å². The van der Waals surface area contributed by atoms with Crippen LogP contribution < -0.4 is 0 Å². The molecule has 0 aliphatic heterocycles. The van der Waals surface area contributed by atoms with Crippen LogP contribution in [0, 0.1) is 13.8 Å². The number of aromatic nitrogens is 2. The quantitative estimate of drug-likeness (QED) is 0.285. The van der Waals surface area contributed by atoms with Crippen LogP contribution in [-0.2, 0) is 0 Å². The average Bonchev–Trinajstić information content (AvgIpc) is 2.51. The number of rotatable bonds is 7. The van der Waals surface area contributed by atoms with Crippen LogP contribution in [0.15, 0.2) is 33.8 Å². The number of benzene rings is 1. The largest absolute Gasteiger partial charge is 0.294 e. The van der Waals surface area contributed by atoms with Gasteiger partial charge in [-0.1, -0.05) is 28.1 Å². The van der Waals surface area contributed by atoms with Crippen LogP contribution in [0.3, 0.4) is 0 Å². The highest BCUT2D eigenvalue weighted by molar-refractivity contribution is 9.10. The van der Waals surface area contributed by atoms with E-state index in [1.807, 2.05) is 38.1 Å². The Morgan fingerprint density at radius 2 is 1.79 bits per heavy atom. The molecule has 0 spiro atoms. The summed E-state index contributed by atoms with van der Waals surface area (Å²) in [5, 5.41) is 0.712. The number of hydrogen-bond acceptors (Lipinski definition) is 5. The summed E-state index contributed by atoms with van der Waals surface area (Å²) < 4.78 is 0.959. The molecule has 2 rings (SSSR count). The number of halogens is 1. The maximum Gasteiger partial charge on any atom is 0.164 e. The van der Waals surface area contributed by atoms with Gasteiger partial charge in [0.2, 0.25) is 0 Å². The topological polar surface area (TPSA) is 59.9 Å². The Balaban J connectivity index is 1.94. The van der Waals surface area contributed by atoms with Gasteiger partial charge in [-0.2, -0.15) is 0 Å². The van der Waals surface area contributed by atoms with E-state index in [0.717, 1.165) is 22.2 Å². The normalized spacial score (nSPS) is 10.7. The van der Waals surface area contributed by atoms with Crippen molar-refractivity contribution in [3.63, 3.8) is 0 Å². The van der Waals surface area contributed by atoms with Crippen molar-refractivity contribution in [3.8, 4) is 0 Å². The molecule has 0 saturated heterocycles. The van der Waals surface area contributed by atoms with E-state index in [-0.39, 0.29) is 11.6 Å². The number of thioether (sulfide) groups is 1. The summed E-state index contributed by atoms with van der Waals surface area (Å²) in [5.74, 6) is 1.50. The Morgan fingerprint density at radius 1 is 1.12 bits per heavy atom. The lowest BCUT2D eigenvalue weighted by Crippen LogP contribution is -2.06. The van der Waals surface area contributed by atoms with Crippen molar-refractivity contribution in [1.29, 1.82) is 0 Å². The van der Waals surface area contributed by atoms with E-state index in [0.29, 0.717) is 28.5 Å². The van der Waals surface area contributed by atoms with Gasteiger partial charge in [0.15, 0.2) is 11.6 Å². The van der Waals surface area contributed by atoms with Crippen molar-refractivity contribution >= 4 is 39.3 Å². The van der Waals surface area contributed by atoms with Gasteiger partial charge in [0, 0.05) is 16.5 Å². The molecule has 2 aromatic rings. The van der Waals surface area contributed by atoms with Crippen molar-refractivity contribution in [2.75, 3.05) is 5.75 Å². The number of aryl methyl sites for hydroxylation is 2. The van der Waals surface area contributed by atoms with Gasteiger partial charge in [0.25, 0.3) is 0 Å². The molecular formula is C18H19BrN2O2S. The Kier molecular flexibility index (Phi) is 6.69. The molecule has 6 heteroatoms. The van der Waals surface area contributed by atoms with Crippen molar-refractivity contribution in [1.82, 2.24) is 9.97 Å². The molecule has 0 unspecified atom stereocenters. The molecule has 0 bridgehead atoms. The number of carbonyl (C=O) groups excluding carboxylic acids is 2. The zero-order valence-corrected chi connectivity index (χ0v) is 16.3. The smallest absolute Gasteiger partial charge is 0.164 e. The predicted octanol–water partition coefficient (Wildman–Crippen LogP) is 4.81. The van der Waals surface area contributed by atoms with E-state index in [1.165, 1.54) is 18.7 Å². The van der Waals surface area contributed by atoms with Crippen LogP contribution >= 0.6 is 27.7 Å². The summed E-state index contributed by atoms with van der Waals surface area (Å²) in [5.41, 5.74) is 2.02.